The molecule has 0 bridgehead atoms. The highest BCUT2D eigenvalue weighted by atomic mass is 15.5. The van der Waals surface area contributed by atoms with Crippen molar-refractivity contribution in [2.24, 2.45) is 0 Å². The molecule has 106 valence electrons. The van der Waals surface area contributed by atoms with Crippen molar-refractivity contribution in [2.45, 2.75) is 19.6 Å². The molecular formula is C16H17N5. The summed E-state index contributed by atoms with van der Waals surface area (Å²) in [5.41, 5.74) is 2.44. The summed E-state index contributed by atoms with van der Waals surface area (Å²) < 4.78 is 1.83. The molecule has 5 nitrogen and oxygen atoms in total. The van der Waals surface area contributed by atoms with Crippen LogP contribution in [-0.2, 0) is 19.6 Å². The van der Waals surface area contributed by atoms with Crippen LogP contribution in [0.5, 0.6) is 0 Å². The van der Waals surface area contributed by atoms with E-state index >= 15 is 0 Å². The molecule has 0 aliphatic rings. The zero-order valence-corrected chi connectivity index (χ0v) is 11.7. The highest BCUT2D eigenvalue weighted by molar-refractivity contribution is 5.15. The fraction of sp³-hybridized carbons (Fsp3) is 0.188. The van der Waals surface area contributed by atoms with E-state index in [4.69, 9.17) is 0 Å². The van der Waals surface area contributed by atoms with Crippen LogP contribution in [0.4, 0.5) is 0 Å². The first-order chi connectivity index (χ1) is 10.4. The number of aromatic nitrogens is 4. The number of nitrogens with zero attached hydrogens (tertiary/aromatic N) is 4. The van der Waals surface area contributed by atoms with E-state index in [1.165, 1.54) is 11.1 Å². The maximum Gasteiger partial charge on any atom is 0.165 e. The molecule has 2 aromatic carbocycles. The van der Waals surface area contributed by atoms with Crippen molar-refractivity contribution in [1.29, 1.82) is 0 Å². The number of tetrazole rings is 1. The SMILES string of the molecule is c1ccc(CNCc2nnnn2Cc2ccccc2)cc1. The molecule has 0 aliphatic carbocycles. The van der Waals surface area contributed by atoms with Gasteiger partial charge in [0.15, 0.2) is 5.82 Å². The number of rotatable bonds is 6. The number of benzene rings is 2. The fourth-order valence-electron chi connectivity index (χ4n) is 2.14. The van der Waals surface area contributed by atoms with Crippen molar-refractivity contribution in [1.82, 2.24) is 25.5 Å². The molecule has 21 heavy (non-hydrogen) atoms. The maximum atomic E-state index is 4.08. The Labute approximate surface area is 123 Å². The van der Waals surface area contributed by atoms with Crippen LogP contribution in [0, 0.1) is 0 Å². The summed E-state index contributed by atoms with van der Waals surface area (Å²) in [4.78, 5) is 0. The van der Waals surface area contributed by atoms with Gasteiger partial charge in [-0.15, -0.1) is 5.10 Å². The van der Waals surface area contributed by atoms with Gasteiger partial charge in [0.2, 0.25) is 0 Å². The third-order valence-electron chi connectivity index (χ3n) is 3.24. The van der Waals surface area contributed by atoms with Gasteiger partial charge in [-0.05, 0) is 21.6 Å². The van der Waals surface area contributed by atoms with Crippen LogP contribution >= 0.6 is 0 Å². The van der Waals surface area contributed by atoms with Gasteiger partial charge >= 0.3 is 0 Å². The lowest BCUT2D eigenvalue weighted by Crippen LogP contribution is -2.17. The summed E-state index contributed by atoms with van der Waals surface area (Å²) >= 11 is 0. The van der Waals surface area contributed by atoms with Crippen molar-refractivity contribution >= 4 is 0 Å². The van der Waals surface area contributed by atoms with Crippen molar-refractivity contribution in [3.8, 4) is 0 Å². The molecule has 1 aromatic heterocycles. The number of hydrogen-bond acceptors (Lipinski definition) is 4. The average Bonchev–Trinajstić information content (AvgIpc) is 2.97. The fourth-order valence-corrected chi connectivity index (χ4v) is 2.14. The quantitative estimate of drug-likeness (QED) is 0.750. The summed E-state index contributed by atoms with van der Waals surface area (Å²) in [5, 5.41) is 15.3. The molecular weight excluding hydrogens is 262 g/mol. The van der Waals surface area contributed by atoms with E-state index in [9.17, 15) is 0 Å². The monoisotopic (exact) mass is 279 g/mol. The van der Waals surface area contributed by atoms with Crippen LogP contribution in [-0.4, -0.2) is 20.2 Å². The summed E-state index contributed by atoms with van der Waals surface area (Å²) in [5.74, 6) is 0.842. The van der Waals surface area contributed by atoms with Crippen LogP contribution in [0.1, 0.15) is 17.0 Å². The third-order valence-corrected chi connectivity index (χ3v) is 3.24. The van der Waals surface area contributed by atoms with E-state index in [1.807, 2.05) is 41.1 Å². The van der Waals surface area contributed by atoms with E-state index in [2.05, 4.69) is 45.1 Å². The number of nitrogens with one attached hydrogen (secondary N) is 1. The molecule has 0 aliphatic heterocycles. The van der Waals surface area contributed by atoms with Crippen molar-refractivity contribution < 1.29 is 0 Å². The summed E-state index contributed by atoms with van der Waals surface area (Å²) in [7, 11) is 0. The van der Waals surface area contributed by atoms with Gasteiger partial charge in [0.1, 0.15) is 0 Å². The van der Waals surface area contributed by atoms with E-state index in [1.54, 1.807) is 0 Å². The molecule has 0 spiro atoms. The molecule has 0 saturated heterocycles. The van der Waals surface area contributed by atoms with Gasteiger partial charge in [0, 0.05) is 6.54 Å². The van der Waals surface area contributed by atoms with Crippen molar-refractivity contribution in [2.75, 3.05) is 0 Å². The highest BCUT2D eigenvalue weighted by Gasteiger charge is 2.06. The maximum absolute atomic E-state index is 4.08. The second-order valence-corrected chi connectivity index (χ2v) is 4.83. The molecule has 0 fully saturated rings. The Bertz CT molecular complexity index is 663. The molecule has 5 heteroatoms. The van der Waals surface area contributed by atoms with Crippen molar-refractivity contribution in [3.05, 3.63) is 77.6 Å². The second-order valence-electron chi connectivity index (χ2n) is 4.83. The van der Waals surface area contributed by atoms with Gasteiger partial charge in [-0.25, -0.2) is 4.68 Å². The normalized spacial score (nSPS) is 10.7. The average molecular weight is 279 g/mol. The Morgan fingerprint density at radius 3 is 2.19 bits per heavy atom. The van der Waals surface area contributed by atoms with E-state index in [0.29, 0.717) is 13.1 Å². The molecule has 0 atom stereocenters. The summed E-state index contributed by atoms with van der Waals surface area (Å²) in [6, 6.07) is 20.5. The van der Waals surface area contributed by atoms with Crippen molar-refractivity contribution in [3.63, 3.8) is 0 Å². The molecule has 0 radical (unpaired) electrons. The third kappa shape index (κ3) is 3.73. The first-order valence-electron chi connectivity index (χ1n) is 6.95. The predicted molar refractivity (Wildman–Crippen MR) is 80.3 cm³/mol. The zero-order chi connectivity index (χ0) is 14.3. The lowest BCUT2D eigenvalue weighted by Gasteiger charge is -2.06. The first kappa shape index (κ1) is 13.5. The minimum Gasteiger partial charge on any atom is -0.306 e. The smallest absolute Gasteiger partial charge is 0.165 e. The van der Waals surface area contributed by atoms with Gasteiger partial charge in [0.05, 0.1) is 13.1 Å². The Kier molecular flexibility index (Phi) is 4.33. The highest BCUT2D eigenvalue weighted by Crippen LogP contribution is 2.03. The predicted octanol–water partition coefficient (Wildman–Crippen LogP) is 2.01. The molecule has 1 heterocycles. The van der Waals surface area contributed by atoms with Gasteiger partial charge in [-0.1, -0.05) is 60.7 Å². The largest absolute Gasteiger partial charge is 0.306 e. The second kappa shape index (κ2) is 6.76. The molecule has 0 saturated carbocycles. The Balaban J connectivity index is 1.58. The van der Waals surface area contributed by atoms with E-state index in [-0.39, 0.29) is 0 Å². The first-order valence-corrected chi connectivity index (χ1v) is 6.95. The lowest BCUT2D eigenvalue weighted by molar-refractivity contribution is 0.579. The lowest BCUT2D eigenvalue weighted by atomic mass is 10.2. The molecule has 1 N–H and O–H groups in total. The van der Waals surface area contributed by atoms with Crippen LogP contribution in [0.15, 0.2) is 60.7 Å². The summed E-state index contributed by atoms with van der Waals surface area (Å²) in [6.07, 6.45) is 0. The summed E-state index contributed by atoms with van der Waals surface area (Å²) in [6.45, 7) is 2.14. The topological polar surface area (TPSA) is 55.6 Å². The minimum atomic E-state index is 0.648. The minimum absolute atomic E-state index is 0.648. The zero-order valence-electron chi connectivity index (χ0n) is 11.7. The van der Waals surface area contributed by atoms with Crippen LogP contribution in [0.25, 0.3) is 0 Å². The van der Waals surface area contributed by atoms with Crippen LogP contribution < -0.4 is 5.32 Å². The van der Waals surface area contributed by atoms with Gasteiger partial charge < -0.3 is 5.32 Å². The Morgan fingerprint density at radius 2 is 1.48 bits per heavy atom. The molecule has 3 aromatic rings. The Hall–Kier alpha value is -2.53. The van der Waals surface area contributed by atoms with E-state index in [0.717, 1.165) is 12.4 Å². The van der Waals surface area contributed by atoms with E-state index < -0.39 is 0 Å². The Morgan fingerprint density at radius 1 is 0.810 bits per heavy atom. The number of hydrogen-bond donors (Lipinski definition) is 1. The molecule has 0 unspecified atom stereocenters. The van der Waals surface area contributed by atoms with Gasteiger partial charge in [-0.3, -0.25) is 0 Å². The standard InChI is InChI=1S/C16H17N5/c1-3-7-14(8-4-1)11-17-12-16-18-19-20-21(16)13-15-9-5-2-6-10-15/h1-10,17H,11-13H2. The molecule has 0 amide bonds. The van der Waals surface area contributed by atoms with Crippen LogP contribution in [0.2, 0.25) is 0 Å². The van der Waals surface area contributed by atoms with Crippen LogP contribution in [0.3, 0.4) is 0 Å². The molecule has 3 rings (SSSR count). The van der Waals surface area contributed by atoms with Gasteiger partial charge in [0.25, 0.3) is 0 Å². The van der Waals surface area contributed by atoms with Gasteiger partial charge in [-0.2, -0.15) is 0 Å².